The number of aliphatic hydroxyl groups is 3. The Morgan fingerprint density at radius 2 is 2.26 bits per heavy atom. The first kappa shape index (κ1) is 12.2. The summed E-state index contributed by atoms with van der Waals surface area (Å²) in [6.45, 7) is -0.581. The fourth-order valence-corrected chi connectivity index (χ4v) is 2.20. The lowest BCUT2D eigenvalue weighted by molar-refractivity contribution is -0.110. The number of nitrogens with zero attached hydrogens (tertiary/aromatic N) is 4. The predicted octanol–water partition coefficient (Wildman–Crippen LogP) is -2.19. The number of fused-ring (bicyclic) bond motifs is 1. The molecule has 9 heteroatoms. The lowest BCUT2D eigenvalue weighted by Gasteiger charge is -2.27. The first-order valence-electron chi connectivity index (χ1n) is 5.65. The molecule has 0 aliphatic carbocycles. The second-order valence-corrected chi connectivity index (χ2v) is 4.40. The summed E-state index contributed by atoms with van der Waals surface area (Å²) in [7, 11) is 0. The number of rotatable bonds is 2. The van der Waals surface area contributed by atoms with Gasteiger partial charge in [-0.1, -0.05) is 0 Å². The molecule has 2 unspecified atom stereocenters. The van der Waals surface area contributed by atoms with E-state index < -0.39 is 24.5 Å². The van der Waals surface area contributed by atoms with E-state index in [2.05, 4.69) is 15.0 Å². The lowest BCUT2D eigenvalue weighted by atomic mass is 10.1. The summed E-state index contributed by atoms with van der Waals surface area (Å²) in [6, 6.07) is 0. The van der Waals surface area contributed by atoms with Gasteiger partial charge in [0.25, 0.3) is 0 Å². The first-order valence-corrected chi connectivity index (χ1v) is 5.65. The Balaban J connectivity index is 2.12. The van der Waals surface area contributed by atoms with Gasteiger partial charge < -0.3 is 25.8 Å². The second-order valence-electron chi connectivity index (χ2n) is 4.40. The molecule has 9 nitrogen and oxygen atoms in total. The van der Waals surface area contributed by atoms with Gasteiger partial charge in [-0.2, -0.15) is 0 Å². The Bertz CT molecular complexity index is 617. The molecular formula is C10H13N5O4. The number of hydrogen-bond donors (Lipinski definition) is 4. The first-order chi connectivity index (χ1) is 9.08. The number of aromatic nitrogens is 4. The predicted molar refractivity (Wildman–Crippen MR) is 62.8 cm³/mol. The van der Waals surface area contributed by atoms with E-state index in [1.54, 1.807) is 0 Å². The molecule has 0 bridgehead atoms. The molecule has 0 spiro atoms. The molecule has 0 amide bonds. The molecular weight excluding hydrogens is 254 g/mol. The fraction of sp³-hybridized carbons (Fsp3) is 0.500. The third-order valence-electron chi connectivity index (χ3n) is 3.29. The zero-order valence-corrected chi connectivity index (χ0v) is 9.84. The standard InChI is InChI=1S/C10H13N5O4/c11-8-6-9(13-3-12-8)15(4-14-6)10(18)2-19-5(1-16)7(10)17/h3-5,7,16-18H,1-2H2,(H2,11,12,13)/t5-,7?,10?/m1/s1. The summed E-state index contributed by atoms with van der Waals surface area (Å²) >= 11 is 0. The average molecular weight is 267 g/mol. The maximum Gasteiger partial charge on any atom is 0.197 e. The number of ether oxygens (including phenoxy) is 1. The normalized spacial score (nSPS) is 31.1. The Kier molecular flexibility index (Phi) is 2.64. The zero-order valence-electron chi connectivity index (χ0n) is 9.84. The number of nitrogen functional groups attached to an aromatic ring is 1. The Hall–Kier alpha value is -1.81. The van der Waals surface area contributed by atoms with Gasteiger partial charge >= 0.3 is 0 Å². The van der Waals surface area contributed by atoms with E-state index in [4.69, 9.17) is 15.6 Å². The highest BCUT2D eigenvalue weighted by atomic mass is 16.5. The maximum absolute atomic E-state index is 10.5. The molecule has 1 aliphatic heterocycles. The van der Waals surface area contributed by atoms with Gasteiger partial charge in [-0.25, -0.2) is 15.0 Å². The summed E-state index contributed by atoms with van der Waals surface area (Å²) in [6.07, 6.45) is 0.389. The van der Waals surface area contributed by atoms with Crippen molar-refractivity contribution in [1.82, 2.24) is 19.5 Å². The summed E-state index contributed by atoms with van der Waals surface area (Å²) in [4.78, 5) is 11.8. The number of aliphatic hydroxyl groups excluding tert-OH is 2. The van der Waals surface area contributed by atoms with Crippen LogP contribution in [0.2, 0.25) is 0 Å². The van der Waals surface area contributed by atoms with Crippen molar-refractivity contribution in [3.63, 3.8) is 0 Å². The van der Waals surface area contributed by atoms with Crippen LogP contribution in [0, 0.1) is 0 Å². The fourth-order valence-electron chi connectivity index (χ4n) is 2.20. The van der Waals surface area contributed by atoms with Crippen molar-refractivity contribution in [1.29, 1.82) is 0 Å². The smallest absolute Gasteiger partial charge is 0.197 e. The Morgan fingerprint density at radius 1 is 1.47 bits per heavy atom. The third kappa shape index (κ3) is 1.60. The van der Waals surface area contributed by atoms with Crippen molar-refractivity contribution in [3.05, 3.63) is 12.7 Å². The van der Waals surface area contributed by atoms with Crippen LogP contribution in [0.5, 0.6) is 0 Å². The van der Waals surface area contributed by atoms with E-state index in [0.717, 1.165) is 0 Å². The molecule has 3 atom stereocenters. The molecule has 2 aromatic rings. The van der Waals surface area contributed by atoms with Crippen LogP contribution in [0.15, 0.2) is 12.7 Å². The number of nitrogens with two attached hydrogens (primary N) is 1. The molecule has 1 saturated heterocycles. The van der Waals surface area contributed by atoms with E-state index in [-0.39, 0.29) is 18.1 Å². The molecule has 102 valence electrons. The van der Waals surface area contributed by atoms with E-state index in [1.165, 1.54) is 17.2 Å². The van der Waals surface area contributed by atoms with Crippen LogP contribution in [-0.2, 0) is 10.5 Å². The van der Waals surface area contributed by atoms with Gasteiger partial charge in [-0.05, 0) is 0 Å². The summed E-state index contributed by atoms with van der Waals surface area (Å²) in [5.41, 5.74) is 4.53. The van der Waals surface area contributed by atoms with E-state index in [9.17, 15) is 10.2 Å². The van der Waals surface area contributed by atoms with Crippen molar-refractivity contribution in [3.8, 4) is 0 Å². The minimum atomic E-state index is -1.75. The summed E-state index contributed by atoms with van der Waals surface area (Å²) in [5, 5.41) is 29.7. The largest absolute Gasteiger partial charge is 0.394 e. The highest BCUT2D eigenvalue weighted by Gasteiger charge is 2.50. The van der Waals surface area contributed by atoms with E-state index in [1.807, 2.05) is 0 Å². The van der Waals surface area contributed by atoms with Crippen molar-refractivity contribution in [2.75, 3.05) is 18.9 Å². The van der Waals surface area contributed by atoms with Crippen LogP contribution in [0.1, 0.15) is 0 Å². The highest BCUT2D eigenvalue weighted by molar-refractivity contribution is 5.81. The maximum atomic E-state index is 10.5. The quantitative estimate of drug-likeness (QED) is 0.481. The van der Waals surface area contributed by atoms with Crippen molar-refractivity contribution >= 4 is 17.0 Å². The minimum absolute atomic E-state index is 0.180. The van der Waals surface area contributed by atoms with Crippen LogP contribution in [-0.4, -0.2) is 60.3 Å². The molecule has 0 radical (unpaired) electrons. The second kappa shape index (κ2) is 4.10. The topological polar surface area (TPSA) is 140 Å². The SMILES string of the molecule is Nc1ncnc2c1ncn2C1(O)CO[C@H](CO)C1O. The number of anilines is 1. The molecule has 0 aromatic carbocycles. The molecule has 19 heavy (non-hydrogen) atoms. The third-order valence-corrected chi connectivity index (χ3v) is 3.29. The molecule has 3 rings (SSSR count). The minimum Gasteiger partial charge on any atom is -0.394 e. The number of hydrogen-bond acceptors (Lipinski definition) is 8. The lowest BCUT2D eigenvalue weighted by Crippen LogP contribution is -2.46. The average Bonchev–Trinajstić information content (AvgIpc) is 2.95. The van der Waals surface area contributed by atoms with Gasteiger partial charge in [0.2, 0.25) is 0 Å². The van der Waals surface area contributed by atoms with Gasteiger partial charge in [0.05, 0.1) is 19.5 Å². The van der Waals surface area contributed by atoms with Crippen molar-refractivity contribution in [2.24, 2.45) is 0 Å². The van der Waals surface area contributed by atoms with Crippen LogP contribution < -0.4 is 5.73 Å². The monoisotopic (exact) mass is 267 g/mol. The number of imidazole rings is 1. The van der Waals surface area contributed by atoms with Crippen molar-refractivity contribution in [2.45, 2.75) is 17.9 Å². The van der Waals surface area contributed by atoms with Crippen LogP contribution in [0.4, 0.5) is 5.82 Å². The van der Waals surface area contributed by atoms with E-state index >= 15 is 0 Å². The van der Waals surface area contributed by atoms with Crippen LogP contribution >= 0.6 is 0 Å². The summed E-state index contributed by atoms with van der Waals surface area (Å²) in [5.74, 6) is 0.180. The van der Waals surface area contributed by atoms with Gasteiger partial charge in [0.1, 0.15) is 24.1 Å². The van der Waals surface area contributed by atoms with Crippen molar-refractivity contribution < 1.29 is 20.1 Å². The Morgan fingerprint density at radius 3 is 2.95 bits per heavy atom. The molecule has 1 fully saturated rings. The molecule has 3 heterocycles. The van der Waals surface area contributed by atoms with Crippen LogP contribution in [0.3, 0.4) is 0 Å². The Labute approximate surface area is 107 Å². The van der Waals surface area contributed by atoms with Gasteiger partial charge in [-0.3, -0.25) is 4.57 Å². The molecule has 0 saturated carbocycles. The summed E-state index contributed by atoms with van der Waals surface area (Å²) < 4.78 is 6.44. The van der Waals surface area contributed by atoms with Crippen LogP contribution in [0.25, 0.3) is 11.2 Å². The molecule has 5 N–H and O–H groups in total. The zero-order chi connectivity index (χ0) is 13.6. The van der Waals surface area contributed by atoms with E-state index in [0.29, 0.717) is 5.52 Å². The van der Waals surface area contributed by atoms with Gasteiger partial charge in [0.15, 0.2) is 17.2 Å². The van der Waals surface area contributed by atoms with Gasteiger partial charge in [0, 0.05) is 0 Å². The van der Waals surface area contributed by atoms with Gasteiger partial charge in [-0.15, -0.1) is 0 Å². The molecule has 2 aromatic heterocycles. The molecule has 1 aliphatic rings. The highest BCUT2D eigenvalue weighted by Crippen LogP contribution is 2.32.